The largest absolute Gasteiger partial charge is 0.347 e. The van der Waals surface area contributed by atoms with Gasteiger partial charge in [0, 0.05) is 18.3 Å². The van der Waals surface area contributed by atoms with Gasteiger partial charge >= 0.3 is 0 Å². The van der Waals surface area contributed by atoms with Gasteiger partial charge in [-0.2, -0.15) is 0 Å². The van der Waals surface area contributed by atoms with Crippen molar-refractivity contribution in [3.05, 3.63) is 11.6 Å². The van der Waals surface area contributed by atoms with E-state index in [4.69, 9.17) is 9.47 Å². The van der Waals surface area contributed by atoms with E-state index in [1.807, 2.05) is 6.08 Å². The van der Waals surface area contributed by atoms with Gasteiger partial charge in [-0.3, -0.25) is 4.79 Å². The quantitative estimate of drug-likeness (QED) is 0.609. The SMILES string of the molecule is C[C@@]12CCC(=O)C=C1CCC21OCCO1. The Morgan fingerprint density at radius 2 is 1.93 bits per heavy atom. The molecule has 1 spiro atoms. The molecule has 3 rings (SSSR count). The molecule has 0 aromatic rings. The first kappa shape index (κ1) is 9.55. The van der Waals surface area contributed by atoms with Crippen molar-refractivity contribution in [1.29, 1.82) is 0 Å². The highest BCUT2D eigenvalue weighted by Crippen LogP contribution is 2.58. The molecule has 15 heavy (non-hydrogen) atoms. The highest BCUT2D eigenvalue weighted by atomic mass is 16.7. The molecule has 0 aromatic heterocycles. The number of ether oxygens (including phenoxy) is 2. The minimum Gasteiger partial charge on any atom is -0.347 e. The van der Waals surface area contributed by atoms with Crippen molar-refractivity contribution >= 4 is 5.78 Å². The Hall–Kier alpha value is -0.670. The fourth-order valence-corrected chi connectivity index (χ4v) is 3.24. The smallest absolute Gasteiger partial charge is 0.177 e. The summed E-state index contributed by atoms with van der Waals surface area (Å²) in [5, 5.41) is 0. The van der Waals surface area contributed by atoms with Crippen molar-refractivity contribution in [3.63, 3.8) is 0 Å². The molecule has 1 saturated heterocycles. The van der Waals surface area contributed by atoms with Crippen molar-refractivity contribution in [2.24, 2.45) is 5.41 Å². The number of fused-ring (bicyclic) bond motifs is 2. The Morgan fingerprint density at radius 1 is 1.20 bits per heavy atom. The molecule has 2 aliphatic carbocycles. The molecular formula is C12H16O3. The summed E-state index contributed by atoms with van der Waals surface area (Å²) < 4.78 is 11.7. The summed E-state index contributed by atoms with van der Waals surface area (Å²) in [4.78, 5) is 11.4. The molecule has 3 aliphatic rings. The Labute approximate surface area is 89.4 Å². The zero-order valence-corrected chi connectivity index (χ0v) is 9.04. The molecule has 0 radical (unpaired) electrons. The maximum Gasteiger partial charge on any atom is 0.177 e. The van der Waals surface area contributed by atoms with Gasteiger partial charge in [0.1, 0.15) is 0 Å². The third kappa shape index (κ3) is 1.11. The Balaban J connectivity index is 2.03. The molecule has 1 atom stereocenters. The van der Waals surface area contributed by atoms with Crippen LogP contribution in [-0.4, -0.2) is 24.8 Å². The van der Waals surface area contributed by atoms with Crippen LogP contribution in [0, 0.1) is 5.41 Å². The Kier molecular flexibility index (Phi) is 1.86. The average molecular weight is 208 g/mol. The van der Waals surface area contributed by atoms with Crippen molar-refractivity contribution in [1.82, 2.24) is 0 Å². The van der Waals surface area contributed by atoms with E-state index in [2.05, 4.69) is 6.92 Å². The van der Waals surface area contributed by atoms with E-state index < -0.39 is 5.79 Å². The molecule has 0 bridgehead atoms. The zero-order chi connectivity index (χ0) is 10.5. The van der Waals surface area contributed by atoms with E-state index in [0.717, 1.165) is 19.3 Å². The molecule has 2 fully saturated rings. The first-order valence-electron chi connectivity index (χ1n) is 5.68. The molecule has 3 heteroatoms. The predicted molar refractivity (Wildman–Crippen MR) is 54.3 cm³/mol. The Morgan fingerprint density at radius 3 is 2.67 bits per heavy atom. The second-order valence-corrected chi connectivity index (χ2v) is 4.92. The van der Waals surface area contributed by atoms with Gasteiger partial charge < -0.3 is 9.47 Å². The van der Waals surface area contributed by atoms with Crippen molar-refractivity contribution in [2.75, 3.05) is 13.2 Å². The van der Waals surface area contributed by atoms with Crippen LogP contribution >= 0.6 is 0 Å². The third-order valence-corrected chi connectivity index (χ3v) is 4.23. The van der Waals surface area contributed by atoms with Crippen molar-refractivity contribution in [2.45, 2.75) is 38.4 Å². The van der Waals surface area contributed by atoms with Gasteiger partial charge in [0.2, 0.25) is 0 Å². The minimum atomic E-state index is -0.417. The van der Waals surface area contributed by atoms with E-state index in [-0.39, 0.29) is 11.2 Å². The highest BCUT2D eigenvalue weighted by Gasteiger charge is 2.59. The molecular weight excluding hydrogens is 192 g/mol. The van der Waals surface area contributed by atoms with E-state index in [1.54, 1.807) is 0 Å². The van der Waals surface area contributed by atoms with Gasteiger partial charge in [-0.25, -0.2) is 0 Å². The number of allylic oxidation sites excluding steroid dienone is 1. The number of hydrogen-bond acceptors (Lipinski definition) is 3. The van der Waals surface area contributed by atoms with Gasteiger partial charge in [-0.1, -0.05) is 12.5 Å². The number of rotatable bonds is 0. The summed E-state index contributed by atoms with van der Waals surface area (Å²) >= 11 is 0. The van der Waals surface area contributed by atoms with Gasteiger partial charge in [0.15, 0.2) is 11.6 Å². The lowest BCUT2D eigenvalue weighted by atomic mass is 9.72. The second-order valence-electron chi connectivity index (χ2n) is 4.92. The van der Waals surface area contributed by atoms with Crippen LogP contribution in [0.15, 0.2) is 11.6 Å². The lowest BCUT2D eigenvalue weighted by Crippen LogP contribution is -2.45. The normalized spacial score (nSPS) is 38.2. The Bertz CT molecular complexity index is 339. The molecule has 1 heterocycles. The van der Waals surface area contributed by atoms with Crippen LogP contribution in [0.3, 0.4) is 0 Å². The maximum absolute atomic E-state index is 11.4. The molecule has 1 saturated carbocycles. The van der Waals surface area contributed by atoms with E-state index in [1.165, 1.54) is 5.57 Å². The van der Waals surface area contributed by atoms with E-state index in [0.29, 0.717) is 19.6 Å². The summed E-state index contributed by atoms with van der Waals surface area (Å²) in [6.07, 6.45) is 5.18. The van der Waals surface area contributed by atoms with Gasteiger partial charge in [-0.05, 0) is 18.9 Å². The molecule has 0 amide bonds. The lowest BCUT2D eigenvalue weighted by Gasteiger charge is -2.41. The first-order chi connectivity index (χ1) is 7.16. The fraction of sp³-hybridized carbons (Fsp3) is 0.750. The summed E-state index contributed by atoms with van der Waals surface area (Å²) in [6.45, 7) is 3.57. The topological polar surface area (TPSA) is 35.5 Å². The predicted octanol–water partition coefficient (Wildman–Crippen LogP) is 1.82. The van der Waals surface area contributed by atoms with Gasteiger partial charge in [0.25, 0.3) is 0 Å². The molecule has 1 aliphatic heterocycles. The van der Waals surface area contributed by atoms with Gasteiger partial charge in [-0.15, -0.1) is 0 Å². The molecule has 82 valence electrons. The number of carbonyl (C=O) groups excluding carboxylic acids is 1. The standard InChI is InChI=1S/C12H16O3/c1-11-4-3-10(13)8-9(11)2-5-12(11)14-6-7-15-12/h8H,2-7H2,1H3/t11-/m1/s1. The van der Waals surface area contributed by atoms with Crippen LogP contribution in [0.25, 0.3) is 0 Å². The van der Waals surface area contributed by atoms with E-state index >= 15 is 0 Å². The van der Waals surface area contributed by atoms with Crippen LogP contribution in [0.4, 0.5) is 0 Å². The lowest BCUT2D eigenvalue weighted by molar-refractivity contribution is -0.211. The van der Waals surface area contributed by atoms with Crippen LogP contribution in [0.2, 0.25) is 0 Å². The summed E-state index contributed by atoms with van der Waals surface area (Å²) in [7, 11) is 0. The van der Waals surface area contributed by atoms with Crippen molar-refractivity contribution in [3.8, 4) is 0 Å². The van der Waals surface area contributed by atoms with Crippen LogP contribution in [0.1, 0.15) is 32.6 Å². The zero-order valence-electron chi connectivity index (χ0n) is 9.04. The average Bonchev–Trinajstić information content (AvgIpc) is 2.78. The monoisotopic (exact) mass is 208 g/mol. The molecule has 0 unspecified atom stereocenters. The number of hydrogen-bond donors (Lipinski definition) is 0. The molecule has 0 aromatic carbocycles. The van der Waals surface area contributed by atoms with Crippen molar-refractivity contribution < 1.29 is 14.3 Å². The number of carbonyl (C=O) groups is 1. The summed E-state index contributed by atoms with van der Waals surface area (Å²) in [6, 6.07) is 0. The molecule has 3 nitrogen and oxygen atoms in total. The summed E-state index contributed by atoms with van der Waals surface area (Å²) in [5.41, 5.74) is 1.18. The fourth-order valence-electron chi connectivity index (χ4n) is 3.24. The van der Waals surface area contributed by atoms with Gasteiger partial charge in [0.05, 0.1) is 13.2 Å². The van der Waals surface area contributed by atoms with Crippen LogP contribution < -0.4 is 0 Å². The second kappa shape index (κ2) is 2.92. The maximum atomic E-state index is 11.4. The van der Waals surface area contributed by atoms with E-state index in [9.17, 15) is 4.79 Å². The summed E-state index contributed by atoms with van der Waals surface area (Å²) in [5.74, 6) is -0.156. The van der Waals surface area contributed by atoms with Crippen LogP contribution in [0.5, 0.6) is 0 Å². The minimum absolute atomic E-state index is 0.0581. The van der Waals surface area contributed by atoms with Crippen LogP contribution in [-0.2, 0) is 14.3 Å². The first-order valence-corrected chi connectivity index (χ1v) is 5.68. The highest BCUT2D eigenvalue weighted by molar-refractivity contribution is 5.91. The number of ketones is 1. The molecule has 0 N–H and O–H groups in total. The third-order valence-electron chi connectivity index (χ3n) is 4.23.